The van der Waals surface area contributed by atoms with Crippen molar-refractivity contribution in [2.75, 3.05) is 18.1 Å². The zero-order chi connectivity index (χ0) is 15.5. The van der Waals surface area contributed by atoms with Gasteiger partial charge in [0.05, 0.1) is 5.69 Å². The maximum absolute atomic E-state index is 11.3. The zero-order valence-electron chi connectivity index (χ0n) is 12.9. The number of hydrogen-bond donors (Lipinski definition) is 2. The van der Waals surface area contributed by atoms with Crippen molar-refractivity contribution in [1.29, 1.82) is 0 Å². The lowest BCUT2D eigenvalue weighted by molar-refractivity contribution is -0.139. The quantitative estimate of drug-likeness (QED) is 0.792. The Hall–Kier alpha value is -0.750. The van der Waals surface area contributed by atoms with Crippen molar-refractivity contribution < 1.29 is 9.90 Å². The number of aliphatic carboxylic acids is 1. The number of nitrogens with one attached hydrogen (secondary N) is 1. The molecule has 0 aromatic carbocycles. The van der Waals surface area contributed by atoms with Gasteiger partial charge in [0.25, 0.3) is 0 Å². The van der Waals surface area contributed by atoms with E-state index in [1.165, 1.54) is 0 Å². The van der Waals surface area contributed by atoms with Crippen molar-refractivity contribution in [2.24, 2.45) is 0 Å². The second kappa shape index (κ2) is 7.01. The zero-order valence-corrected chi connectivity index (χ0v) is 14.6. The predicted octanol–water partition coefficient (Wildman–Crippen LogP) is 3.98. The van der Waals surface area contributed by atoms with Crippen molar-refractivity contribution in [3.05, 3.63) is 10.6 Å². The summed E-state index contributed by atoms with van der Waals surface area (Å²) >= 11 is 3.53. The van der Waals surface area contributed by atoms with Crippen LogP contribution in [0.25, 0.3) is 0 Å². The average Bonchev–Trinajstić information content (AvgIpc) is 2.91. The highest BCUT2D eigenvalue weighted by molar-refractivity contribution is 8.00. The van der Waals surface area contributed by atoms with Gasteiger partial charge in [-0.2, -0.15) is 11.8 Å². The molecule has 2 rings (SSSR count). The van der Waals surface area contributed by atoms with Crippen molar-refractivity contribution in [3.8, 4) is 0 Å². The van der Waals surface area contributed by atoms with E-state index in [9.17, 15) is 9.90 Å². The molecule has 0 bridgehead atoms. The minimum atomic E-state index is -0.742. The van der Waals surface area contributed by atoms with Gasteiger partial charge in [0.1, 0.15) is 5.92 Å². The molecule has 0 fully saturated rings. The Balaban J connectivity index is 2.11. The molecule has 118 valence electrons. The van der Waals surface area contributed by atoms with Crippen LogP contribution < -0.4 is 5.32 Å². The number of thioether (sulfide) groups is 1. The van der Waals surface area contributed by atoms with Crippen LogP contribution in [0.2, 0.25) is 0 Å². The summed E-state index contributed by atoms with van der Waals surface area (Å²) < 4.78 is 0.234. The molecule has 1 aromatic heterocycles. The maximum Gasteiger partial charge on any atom is 0.312 e. The predicted molar refractivity (Wildman–Crippen MR) is 90.7 cm³/mol. The van der Waals surface area contributed by atoms with Crippen LogP contribution in [0.4, 0.5) is 5.13 Å². The van der Waals surface area contributed by atoms with E-state index >= 15 is 0 Å². The fourth-order valence-electron chi connectivity index (χ4n) is 2.83. The third-order valence-electron chi connectivity index (χ3n) is 4.54. The standard InChI is InChI=1S/C15H24N2O2S2/c1-4-15(5-2,20-3)9-16-14-17-12-10(13(18)19)7-6-8-11(12)21-14/h10H,4-9H2,1-3H3,(H,16,17)(H,18,19). The Morgan fingerprint density at radius 1 is 1.52 bits per heavy atom. The van der Waals surface area contributed by atoms with E-state index < -0.39 is 11.9 Å². The summed E-state index contributed by atoms with van der Waals surface area (Å²) in [5, 5.41) is 13.6. The van der Waals surface area contributed by atoms with Crippen LogP contribution in [0.5, 0.6) is 0 Å². The number of rotatable bonds is 7. The Morgan fingerprint density at radius 3 is 2.81 bits per heavy atom. The van der Waals surface area contributed by atoms with E-state index in [-0.39, 0.29) is 4.75 Å². The third kappa shape index (κ3) is 3.54. The average molecular weight is 329 g/mol. The second-order valence-corrected chi connectivity index (χ2v) is 7.92. The number of carbonyl (C=O) groups is 1. The minimum absolute atomic E-state index is 0.234. The Labute approximate surface area is 134 Å². The molecule has 21 heavy (non-hydrogen) atoms. The van der Waals surface area contributed by atoms with E-state index in [2.05, 4.69) is 30.4 Å². The van der Waals surface area contributed by atoms with Crippen LogP contribution in [-0.4, -0.2) is 33.6 Å². The molecule has 0 saturated heterocycles. The molecule has 0 saturated carbocycles. The van der Waals surface area contributed by atoms with Crippen LogP contribution in [0, 0.1) is 0 Å². The summed E-state index contributed by atoms with van der Waals surface area (Å²) in [6.07, 6.45) is 7.01. The fraction of sp³-hybridized carbons (Fsp3) is 0.733. The number of anilines is 1. The number of thiazole rings is 1. The molecule has 1 aliphatic rings. The summed E-state index contributed by atoms with van der Waals surface area (Å²) in [6, 6.07) is 0. The van der Waals surface area contributed by atoms with Gasteiger partial charge in [-0.3, -0.25) is 4.79 Å². The van der Waals surface area contributed by atoms with Gasteiger partial charge >= 0.3 is 5.97 Å². The van der Waals surface area contributed by atoms with Gasteiger partial charge in [0.2, 0.25) is 0 Å². The lowest BCUT2D eigenvalue weighted by atomic mass is 9.91. The first-order valence-corrected chi connectivity index (χ1v) is 9.60. The number of aryl methyl sites for hydroxylation is 1. The molecule has 1 aromatic rings. The van der Waals surface area contributed by atoms with Gasteiger partial charge in [0.15, 0.2) is 5.13 Å². The molecular weight excluding hydrogens is 304 g/mol. The topological polar surface area (TPSA) is 62.2 Å². The van der Waals surface area contributed by atoms with E-state index in [0.29, 0.717) is 6.42 Å². The van der Waals surface area contributed by atoms with Gasteiger partial charge in [-0.1, -0.05) is 13.8 Å². The normalized spacial score (nSPS) is 18.3. The van der Waals surface area contributed by atoms with Crippen LogP contribution in [0.15, 0.2) is 0 Å². The van der Waals surface area contributed by atoms with Crippen LogP contribution >= 0.6 is 23.1 Å². The molecule has 0 spiro atoms. The van der Waals surface area contributed by atoms with E-state index in [4.69, 9.17) is 0 Å². The summed E-state index contributed by atoms with van der Waals surface area (Å²) in [7, 11) is 0. The van der Waals surface area contributed by atoms with Gasteiger partial charge in [-0.25, -0.2) is 4.98 Å². The summed E-state index contributed by atoms with van der Waals surface area (Å²) in [5.41, 5.74) is 0.795. The smallest absolute Gasteiger partial charge is 0.312 e. The van der Waals surface area contributed by atoms with Crippen molar-refractivity contribution in [1.82, 2.24) is 4.98 Å². The molecule has 4 nitrogen and oxygen atoms in total. The molecule has 1 heterocycles. The number of carboxylic acids is 1. The van der Waals surface area contributed by atoms with Gasteiger partial charge in [0, 0.05) is 16.2 Å². The van der Waals surface area contributed by atoms with Crippen LogP contribution in [0.3, 0.4) is 0 Å². The fourth-order valence-corrected chi connectivity index (χ4v) is 4.69. The van der Waals surface area contributed by atoms with E-state index in [0.717, 1.165) is 47.9 Å². The second-order valence-electron chi connectivity index (χ2n) is 5.56. The molecule has 0 aliphatic heterocycles. The third-order valence-corrected chi connectivity index (χ3v) is 7.21. The van der Waals surface area contributed by atoms with Crippen LogP contribution in [-0.2, 0) is 11.2 Å². The summed E-state index contributed by atoms with van der Waals surface area (Å²) in [5.74, 6) is -1.16. The number of nitrogens with zero attached hydrogens (tertiary/aromatic N) is 1. The molecule has 1 atom stereocenters. The largest absolute Gasteiger partial charge is 0.481 e. The molecule has 1 unspecified atom stereocenters. The van der Waals surface area contributed by atoms with Crippen LogP contribution in [0.1, 0.15) is 56.0 Å². The van der Waals surface area contributed by atoms with Gasteiger partial charge < -0.3 is 10.4 Å². The number of hydrogen-bond acceptors (Lipinski definition) is 5. The first-order valence-electron chi connectivity index (χ1n) is 7.56. The Bertz CT molecular complexity index is 490. The highest BCUT2D eigenvalue weighted by Gasteiger charge is 2.31. The van der Waals surface area contributed by atoms with Crippen molar-refractivity contribution >= 4 is 34.2 Å². The molecule has 0 radical (unpaired) electrons. The molecule has 0 amide bonds. The minimum Gasteiger partial charge on any atom is -0.481 e. The highest BCUT2D eigenvalue weighted by Crippen LogP contribution is 2.37. The molecule has 1 aliphatic carbocycles. The SMILES string of the molecule is CCC(CC)(CNc1nc2c(s1)CCCC2C(=O)O)SC. The van der Waals surface area contributed by atoms with E-state index in [1.54, 1.807) is 11.3 Å². The molecular formula is C15H24N2O2S2. The first-order chi connectivity index (χ1) is 10.0. The molecule has 2 N–H and O–H groups in total. The summed E-state index contributed by atoms with van der Waals surface area (Å²) in [4.78, 5) is 17.1. The van der Waals surface area contributed by atoms with Gasteiger partial charge in [-0.15, -0.1) is 11.3 Å². The lowest BCUT2D eigenvalue weighted by Crippen LogP contribution is -2.31. The monoisotopic (exact) mass is 328 g/mol. The Morgan fingerprint density at radius 2 is 2.24 bits per heavy atom. The number of carboxylic acid groups (broad SMARTS) is 1. The van der Waals surface area contributed by atoms with Crippen molar-refractivity contribution in [3.63, 3.8) is 0 Å². The van der Waals surface area contributed by atoms with Gasteiger partial charge in [-0.05, 0) is 38.4 Å². The highest BCUT2D eigenvalue weighted by atomic mass is 32.2. The lowest BCUT2D eigenvalue weighted by Gasteiger charge is -2.29. The first kappa shape index (κ1) is 16.6. The molecule has 6 heteroatoms. The summed E-state index contributed by atoms with van der Waals surface area (Å²) in [6.45, 7) is 5.31. The number of fused-ring (bicyclic) bond motifs is 1. The van der Waals surface area contributed by atoms with E-state index in [1.807, 2.05) is 11.8 Å². The maximum atomic E-state index is 11.3. The number of aromatic nitrogens is 1. The van der Waals surface area contributed by atoms with Crippen molar-refractivity contribution in [2.45, 2.75) is 56.6 Å². The Kier molecular flexibility index (Phi) is 5.54.